The molecule has 1 aromatic heterocycles. The van der Waals surface area contributed by atoms with Gasteiger partial charge in [0.25, 0.3) is 0 Å². The minimum absolute atomic E-state index is 0.603. The summed E-state index contributed by atoms with van der Waals surface area (Å²) in [5, 5.41) is 3.39. The lowest BCUT2D eigenvalue weighted by Crippen LogP contribution is -2.27. The molecule has 0 radical (unpaired) electrons. The zero-order valence-corrected chi connectivity index (χ0v) is 10.1. The Morgan fingerprint density at radius 2 is 2.12 bits per heavy atom. The van der Waals surface area contributed by atoms with Crippen molar-refractivity contribution in [1.29, 1.82) is 0 Å². The van der Waals surface area contributed by atoms with Crippen LogP contribution in [0.1, 0.15) is 36.9 Å². The van der Waals surface area contributed by atoms with Crippen molar-refractivity contribution < 1.29 is 4.74 Å². The highest BCUT2D eigenvalue weighted by Crippen LogP contribution is 2.28. The second kappa shape index (κ2) is 5.30. The molecule has 0 atom stereocenters. The van der Waals surface area contributed by atoms with Crippen LogP contribution in [0.3, 0.4) is 0 Å². The van der Waals surface area contributed by atoms with E-state index in [0.29, 0.717) is 5.92 Å². The molecule has 0 unspecified atom stereocenters. The van der Waals surface area contributed by atoms with Crippen LogP contribution in [0.5, 0.6) is 5.88 Å². The largest absolute Gasteiger partial charge is 0.481 e. The van der Waals surface area contributed by atoms with Crippen molar-refractivity contribution in [1.82, 2.24) is 10.3 Å². The minimum Gasteiger partial charge on any atom is -0.481 e. The van der Waals surface area contributed by atoms with Gasteiger partial charge in [-0.05, 0) is 37.9 Å². The number of pyridine rings is 1. The van der Waals surface area contributed by atoms with E-state index in [1.807, 2.05) is 6.07 Å². The first kappa shape index (κ1) is 11.4. The summed E-state index contributed by atoms with van der Waals surface area (Å²) in [5.74, 6) is 1.34. The van der Waals surface area contributed by atoms with E-state index in [1.54, 1.807) is 7.11 Å². The number of methoxy groups -OCH3 is 1. The molecule has 1 saturated heterocycles. The van der Waals surface area contributed by atoms with Crippen molar-refractivity contribution in [2.45, 2.75) is 32.1 Å². The normalized spacial score (nSPS) is 17.4. The first-order valence-corrected chi connectivity index (χ1v) is 6.09. The van der Waals surface area contributed by atoms with Crippen LogP contribution in [-0.4, -0.2) is 25.2 Å². The predicted octanol–water partition coefficient (Wildman–Crippen LogP) is 2.12. The zero-order valence-electron chi connectivity index (χ0n) is 10.1. The number of piperidine rings is 1. The van der Waals surface area contributed by atoms with Crippen molar-refractivity contribution in [3.05, 3.63) is 23.4 Å². The summed E-state index contributed by atoms with van der Waals surface area (Å²) in [6.45, 7) is 4.40. The fourth-order valence-corrected chi connectivity index (χ4v) is 2.35. The molecule has 0 aromatic carbocycles. The molecular formula is C13H20N2O. The molecule has 3 nitrogen and oxygen atoms in total. The molecule has 1 N–H and O–H groups in total. The molecule has 1 fully saturated rings. The first-order valence-electron chi connectivity index (χ1n) is 6.09. The van der Waals surface area contributed by atoms with E-state index < -0.39 is 0 Å². The maximum atomic E-state index is 5.22. The third-order valence-corrected chi connectivity index (χ3v) is 3.30. The highest BCUT2D eigenvalue weighted by Gasteiger charge is 2.19. The highest BCUT2D eigenvalue weighted by atomic mass is 16.5. The number of nitrogens with zero attached hydrogens (tertiary/aromatic N) is 1. The van der Waals surface area contributed by atoms with Crippen LogP contribution in [0.4, 0.5) is 0 Å². The first-order chi connectivity index (χ1) is 7.85. The van der Waals surface area contributed by atoms with Crippen LogP contribution in [0.25, 0.3) is 0 Å². The second-order valence-corrected chi connectivity index (χ2v) is 4.28. The van der Waals surface area contributed by atoms with E-state index >= 15 is 0 Å². The molecule has 3 heteroatoms. The van der Waals surface area contributed by atoms with E-state index in [1.165, 1.54) is 24.1 Å². The maximum Gasteiger partial charge on any atom is 0.213 e. The van der Waals surface area contributed by atoms with Gasteiger partial charge in [-0.25, -0.2) is 4.98 Å². The Hall–Kier alpha value is -1.09. The number of rotatable bonds is 3. The average molecular weight is 220 g/mol. The fraction of sp³-hybridized carbons (Fsp3) is 0.615. The Kier molecular flexibility index (Phi) is 3.78. The molecule has 2 heterocycles. The van der Waals surface area contributed by atoms with Crippen molar-refractivity contribution in [2.75, 3.05) is 20.2 Å². The number of hydrogen-bond donors (Lipinski definition) is 1. The zero-order chi connectivity index (χ0) is 11.4. The Labute approximate surface area is 97.2 Å². The van der Waals surface area contributed by atoms with Gasteiger partial charge < -0.3 is 10.1 Å². The van der Waals surface area contributed by atoms with Crippen LogP contribution >= 0.6 is 0 Å². The lowest BCUT2D eigenvalue weighted by atomic mass is 9.90. The van der Waals surface area contributed by atoms with Gasteiger partial charge >= 0.3 is 0 Å². The Morgan fingerprint density at radius 1 is 1.38 bits per heavy atom. The Balaban J connectivity index is 2.27. The highest BCUT2D eigenvalue weighted by molar-refractivity contribution is 5.29. The molecule has 0 bridgehead atoms. The number of ether oxygens (including phenoxy) is 1. The summed E-state index contributed by atoms with van der Waals surface area (Å²) >= 11 is 0. The number of aromatic nitrogens is 1. The molecule has 1 aliphatic heterocycles. The number of hydrogen-bond acceptors (Lipinski definition) is 3. The lowest BCUT2D eigenvalue weighted by Gasteiger charge is -2.24. The quantitative estimate of drug-likeness (QED) is 0.847. The summed E-state index contributed by atoms with van der Waals surface area (Å²) in [4.78, 5) is 4.64. The topological polar surface area (TPSA) is 34.1 Å². The predicted molar refractivity (Wildman–Crippen MR) is 65.0 cm³/mol. The van der Waals surface area contributed by atoms with Crippen molar-refractivity contribution in [3.63, 3.8) is 0 Å². The van der Waals surface area contributed by atoms with Crippen molar-refractivity contribution in [3.8, 4) is 5.88 Å². The van der Waals surface area contributed by atoms with Crippen LogP contribution in [0, 0.1) is 0 Å². The molecule has 88 valence electrons. The van der Waals surface area contributed by atoms with Gasteiger partial charge in [0.2, 0.25) is 5.88 Å². The standard InChI is InChI=1S/C13H20N2O/c1-3-10-4-5-12(16-2)15-13(10)11-6-8-14-9-7-11/h4-5,11,14H,3,6-9H2,1-2H3. The molecule has 0 aliphatic carbocycles. The van der Waals surface area contributed by atoms with Gasteiger partial charge in [-0.1, -0.05) is 13.0 Å². The Bertz CT molecular complexity index is 346. The SMILES string of the molecule is CCc1ccc(OC)nc1C1CCNCC1. The van der Waals surface area contributed by atoms with E-state index in [2.05, 4.69) is 23.3 Å². The molecule has 1 aliphatic rings. The van der Waals surface area contributed by atoms with Gasteiger partial charge in [0, 0.05) is 12.0 Å². The van der Waals surface area contributed by atoms with Gasteiger partial charge in [0.15, 0.2) is 0 Å². The molecule has 2 rings (SSSR count). The summed E-state index contributed by atoms with van der Waals surface area (Å²) in [5.41, 5.74) is 2.62. The van der Waals surface area contributed by atoms with Gasteiger partial charge in [-0.3, -0.25) is 0 Å². The molecule has 0 spiro atoms. The summed E-state index contributed by atoms with van der Waals surface area (Å²) in [6.07, 6.45) is 3.43. The number of nitrogens with one attached hydrogen (secondary N) is 1. The summed E-state index contributed by atoms with van der Waals surface area (Å²) < 4.78 is 5.22. The monoisotopic (exact) mass is 220 g/mol. The average Bonchev–Trinajstić information content (AvgIpc) is 2.39. The van der Waals surface area contributed by atoms with Crippen LogP contribution in [0.2, 0.25) is 0 Å². The van der Waals surface area contributed by atoms with Gasteiger partial charge in [-0.2, -0.15) is 0 Å². The smallest absolute Gasteiger partial charge is 0.213 e. The maximum absolute atomic E-state index is 5.22. The third kappa shape index (κ3) is 2.35. The molecular weight excluding hydrogens is 200 g/mol. The molecule has 0 saturated carbocycles. The minimum atomic E-state index is 0.603. The number of aryl methyl sites for hydroxylation is 1. The van der Waals surface area contributed by atoms with E-state index in [0.717, 1.165) is 25.4 Å². The molecule has 0 amide bonds. The fourth-order valence-electron chi connectivity index (χ4n) is 2.35. The van der Waals surface area contributed by atoms with Crippen molar-refractivity contribution >= 4 is 0 Å². The van der Waals surface area contributed by atoms with Crippen LogP contribution < -0.4 is 10.1 Å². The molecule has 16 heavy (non-hydrogen) atoms. The van der Waals surface area contributed by atoms with E-state index in [-0.39, 0.29) is 0 Å². The third-order valence-electron chi connectivity index (χ3n) is 3.30. The summed E-state index contributed by atoms with van der Waals surface area (Å²) in [6, 6.07) is 4.12. The van der Waals surface area contributed by atoms with Gasteiger partial charge in [0.05, 0.1) is 12.8 Å². The van der Waals surface area contributed by atoms with Crippen LogP contribution in [0.15, 0.2) is 12.1 Å². The Morgan fingerprint density at radius 3 is 2.75 bits per heavy atom. The van der Waals surface area contributed by atoms with Gasteiger partial charge in [-0.15, -0.1) is 0 Å². The second-order valence-electron chi connectivity index (χ2n) is 4.28. The van der Waals surface area contributed by atoms with Crippen molar-refractivity contribution in [2.24, 2.45) is 0 Å². The van der Waals surface area contributed by atoms with E-state index in [4.69, 9.17) is 4.74 Å². The van der Waals surface area contributed by atoms with Gasteiger partial charge in [0.1, 0.15) is 0 Å². The molecule has 1 aromatic rings. The van der Waals surface area contributed by atoms with E-state index in [9.17, 15) is 0 Å². The summed E-state index contributed by atoms with van der Waals surface area (Å²) in [7, 11) is 1.68. The lowest BCUT2D eigenvalue weighted by molar-refractivity contribution is 0.388. The van der Waals surface area contributed by atoms with Crippen LogP contribution in [-0.2, 0) is 6.42 Å².